The molecule has 0 bridgehead atoms. The highest BCUT2D eigenvalue weighted by Crippen LogP contribution is 2.36. The second-order valence-electron chi connectivity index (χ2n) is 6.04. The Labute approximate surface area is 185 Å². The molecule has 0 spiro atoms. The number of halogens is 3. The maximum atomic E-state index is 12.2. The van der Waals surface area contributed by atoms with Crippen molar-refractivity contribution >= 4 is 75.5 Å². The van der Waals surface area contributed by atoms with Crippen molar-refractivity contribution in [2.24, 2.45) is 0 Å². The number of hydrogen-bond acceptors (Lipinski definition) is 6. The average molecular weight is 481 g/mol. The van der Waals surface area contributed by atoms with E-state index in [0.29, 0.717) is 50.4 Å². The summed E-state index contributed by atoms with van der Waals surface area (Å²) in [5.74, 6) is -0.287. The molecule has 3 rings (SSSR count). The number of carboxylic acids is 1. The zero-order valence-electron chi connectivity index (χ0n) is 14.5. The van der Waals surface area contributed by atoms with E-state index in [1.54, 1.807) is 12.1 Å². The number of likely N-dealkylation sites (tertiary alicyclic amines) is 1. The number of aromatic nitrogens is 1. The summed E-state index contributed by atoms with van der Waals surface area (Å²) >= 11 is 21.0. The number of nitrogens with one attached hydrogen (secondary N) is 1. The number of hydrogen-bond donors (Lipinski definition) is 2. The molecule has 2 N–H and O–H groups in total. The maximum Gasteiger partial charge on any atom is 0.355 e. The molecule has 1 saturated heterocycles. The van der Waals surface area contributed by atoms with Gasteiger partial charge in [0, 0.05) is 36.7 Å². The summed E-state index contributed by atoms with van der Waals surface area (Å²) in [7, 11) is 0. The van der Waals surface area contributed by atoms with Crippen LogP contribution >= 0.6 is 57.9 Å². The van der Waals surface area contributed by atoms with Crippen LogP contribution in [0, 0.1) is 0 Å². The second kappa shape index (κ2) is 9.54. The Morgan fingerprint density at radius 3 is 2.86 bits per heavy atom. The fourth-order valence-corrected chi connectivity index (χ4v) is 5.27. The van der Waals surface area contributed by atoms with Crippen molar-refractivity contribution < 1.29 is 14.7 Å². The third kappa shape index (κ3) is 5.04. The molecule has 1 amide bonds. The smallest absolute Gasteiger partial charge is 0.355 e. The normalized spacial score (nSPS) is 16.6. The van der Waals surface area contributed by atoms with Gasteiger partial charge in [-0.3, -0.25) is 4.79 Å². The highest BCUT2D eigenvalue weighted by Gasteiger charge is 2.30. The van der Waals surface area contributed by atoms with Crippen LogP contribution in [0.3, 0.4) is 0 Å². The number of thioether (sulfide) groups is 1. The molecule has 0 aliphatic carbocycles. The SMILES string of the molecule is O=C(O)c1csc(SCCN2C(=O)CCC2CNc2ccc(Cl)c(Cl)c2Cl)n1. The molecule has 150 valence electrons. The molecule has 1 aromatic carbocycles. The van der Waals surface area contributed by atoms with Gasteiger partial charge in [0.25, 0.3) is 0 Å². The highest BCUT2D eigenvalue weighted by atomic mass is 35.5. The van der Waals surface area contributed by atoms with Crippen LogP contribution in [0.5, 0.6) is 0 Å². The third-order valence-electron chi connectivity index (χ3n) is 4.28. The molecule has 1 fully saturated rings. The fraction of sp³-hybridized carbons (Fsp3) is 0.353. The Kier molecular flexibility index (Phi) is 7.33. The first-order valence-corrected chi connectivity index (χ1v) is 11.3. The standard InChI is InChI=1S/C17H16Cl3N3O3S2/c18-10-2-3-11(15(20)14(10)19)21-7-9-1-4-13(24)23(9)5-6-27-17-22-12(8-28-17)16(25)26/h2-3,8-9,21H,1,4-7H2,(H,25,26). The lowest BCUT2D eigenvalue weighted by Gasteiger charge is -2.25. The number of benzene rings is 1. The number of nitrogens with zero attached hydrogens (tertiary/aromatic N) is 2. The predicted molar refractivity (Wildman–Crippen MR) is 114 cm³/mol. The van der Waals surface area contributed by atoms with E-state index in [1.165, 1.54) is 28.5 Å². The van der Waals surface area contributed by atoms with Crippen LogP contribution in [0.25, 0.3) is 0 Å². The van der Waals surface area contributed by atoms with E-state index in [9.17, 15) is 9.59 Å². The molecule has 1 atom stereocenters. The Bertz CT molecular complexity index is 894. The summed E-state index contributed by atoms with van der Waals surface area (Å²) in [4.78, 5) is 29.0. The molecule has 2 aromatic rings. The molecule has 1 aliphatic rings. The van der Waals surface area contributed by atoms with Crippen LogP contribution < -0.4 is 5.32 Å². The number of amides is 1. The molecule has 2 heterocycles. The Morgan fingerprint density at radius 2 is 2.14 bits per heavy atom. The van der Waals surface area contributed by atoms with E-state index < -0.39 is 5.97 Å². The molecule has 6 nitrogen and oxygen atoms in total. The minimum atomic E-state index is -1.04. The number of aromatic carboxylic acids is 1. The minimum Gasteiger partial charge on any atom is -0.476 e. The van der Waals surface area contributed by atoms with E-state index in [2.05, 4.69) is 10.3 Å². The summed E-state index contributed by atoms with van der Waals surface area (Å²) < 4.78 is 0.682. The average Bonchev–Trinajstić information content (AvgIpc) is 3.27. The van der Waals surface area contributed by atoms with Crippen LogP contribution in [-0.2, 0) is 4.79 Å². The summed E-state index contributed by atoms with van der Waals surface area (Å²) in [6, 6.07) is 3.48. The number of thiazole rings is 1. The Balaban J connectivity index is 1.54. The minimum absolute atomic E-state index is 0.0458. The lowest BCUT2D eigenvalue weighted by Crippen LogP contribution is -2.39. The summed E-state index contributed by atoms with van der Waals surface area (Å²) in [5.41, 5.74) is 0.721. The fourth-order valence-electron chi connectivity index (χ4n) is 2.86. The second-order valence-corrected chi connectivity index (χ2v) is 9.40. The third-order valence-corrected chi connectivity index (χ3v) is 7.57. The van der Waals surface area contributed by atoms with E-state index >= 15 is 0 Å². The zero-order chi connectivity index (χ0) is 20.3. The van der Waals surface area contributed by atoms with E-state index in [-0.39, 0.29) is 17.6 Å². The van der Waals surface area contributed by atoms with Gasteiger partial charge in [-0.1, -0.05) is 46.6 Å². The van der Waals surface area contributed by atoms with Gasteiger partial charge < -0.3 is 15.3 Å². The van der Waals surface area contributed by atoms with Crippen molar-refractivity contribution in [2.45, 2.75) is 23.2 Å². The number of carboxylic acid groups (broad SMARTS) is 1. The first-order chi connectivity index (χ1) is 13.4. The predicted octanol–water partition coefficient (Wildman–Crippen LogP) is 5.00. The van der Waals surface area contributed by atoms with Crippen LogP contribution in [-0.4, -0.2) is 51.8 Å². The molecule has 0 radical (unpaired) electrons. The van der Waals surface area contributed by atoms with Gasteiger partial charge in [-0.15, -0.1) is 11.3 Å². The molecule has 1 unspecified atom stereocenters. The topological polar surface area (TPSA) is 82.5 Å². The van der Waals surface area contributed by atoms with Gasteiger partial charge in [0.2, 0.25) is 5.91 Å². The molecule has 1 aliphatic heterocycles. The first-order valence-electron chi connectivity index (χ1n) is 8.35. The number of anilines is 1. The van der Waals surface area contributed by atoms with Crippen LogP contribution in [0.1, 0.15) is 23.3 Å². The lowest BCUT2D eigenvalue weighted by atomic mass is 10.2. The number of carbonyl (C=O) groups is 2. The van der Waals surface area contributed by atoms with Crippen LogP contribution in [0.15, 0.2) is 21.9 Å². The monoisotopic (exact) mass is 479 g/mol. The van der Waals surface area contributed by atoms with Gasteiger partial charge in [-0.05, 0) is 18.6 Å². The molecule has 11 heteroatoms. The summed E-state index contributed by atoms with van der Waals surface area (Å²) in [6.07, 6.45) is 1.27. The molecule has 1 aromatic heterocycles. The van der Waals surface area contributed by atoms with Crippen molar-refractivity contribution in [3.63, 3.8) is 0 Å². The van der Waals surface area contributed by atoms with Gasteiger partial charge in [0.05, 0.1) is 20.8 Å². The van der Waals surface area contributed by atoms with Crippen LogP contribution in [0.2, 0.25) is 15.1 Å². The van der Waals surface area contributed by atoms with Crippen molar-refractivity contribution in [2.75, 3.05) is 24.2 Å². The van der Waals surface area contributed by atoms with Gasteiger partial charge >= 0.3 is 5.97 Å². The van der Waals surface area contributed by atoms with Gasteiger partial charge in [0.15, 0.2) is 10.0 Å². The highest BCUT2D eigenvalue weighted by molar-refractivity contribution is 8.01. The molecular formula is C17H16Cl3N3O3S2. The summed E-state index contributed by atoms with van der Waals surface area (Å²) in [6.45, 7) is 1.11. The number of carbonyl (C=O) groups excluding carboxylic acids is 1. The van der Waals surface area contributed by atoms with E-state index in [1.807, 2.05) is 4.90 Å². The molecule has 0 saturated carbocycles. The van der Waals surface area contributed by atoms with Crippen molar-refractivity contribution in [1.82, 2.24) is 9.88 Å². The summed E-state index contributed by atoms with van der Waals surface area (Å²) in [5, 5.41) is 14.7. The van der Waals surface area contributed by atoms with Crippen LogP contribution in [0.4, 0.5) is 5.69 Å². The van der Waals surface area contributed by atoms with Gasteiger partial charge in [-0.25, -0.2) is 9.78 Å². The van der Waals surface area contributed by atoms with Gasteiger partial charge in [-0.2, -0.15) is 0 Å². The van der Waals surface area contributed by atoms with Gasteiger partial charge in [0.1, 0.15) is 0 Å². The van der Waals surface area contributed by atoms with Crippen molar-refractivity contribution in [3.05, 3.63) is 38.3 Å². The Morgan fingerprint density at radius 1 is 1.36 bits per heavy atom. The number of rotatable bonds is 8. The lowest BCUT2D eigenvalue weighted by molar-refractivity contribution is -0.128. The maximum absolute atomic E-state index is 12.2. The Hall–Kier alpha value is -1.19. The first kappa shape index (κ1) is 21.5. The van der Waals surface area contributed by atoms with E-state index in [0.717, 1.165) is 6.42 Å². The van der Waals surface area contributed by atoms with Crippen molar-refractivity contribution in [3.8, 4) is 0 Å². The molecular weight excluding hydrogens is 465 g/mol. The van der Waals surface area contributed by atoms with Crippen molar-refractivity contribution in [1.29, 1.82) is 0 Å². The largest absolute Gasteiger partial charge is 0.476 e. The quantitative estimate of drug-likeness (QED) is 0.409. The molecule has 28 heavy (non-hydrogen) atoms. The zero-order valence-corrected chi connectivity index (χ0v) is 18.4. The van der Waals surface area contributed by atoms with E-state index in [4.69, 9.17) is 39.9 Å².